The molecule has 0 saturated heterocycles. The van der Waals surface area contributed by atoms with Gasteiger partial charge in [-0.2, -0.15) is 0 Å². The third-order valence-corrected chi connectivity index (χ3v) is 3.99. The minimum absolute atomic E-state index is 0.0221. The van der Waals surface area contributed by atoms with Crippen LogP contribution < -0.4 is 5.32 Å². The number of rotatable bonds is 6. The zero-order chi connectivity index (χ0) is 14.2. The van der Waals surface area contributed by atoms with E-state index in [1.54, 1.807) is 23.5 Å². The maximum Gasteiger partial charge on any atom is 0.181 e. The first-order chi connectivity index (χ1) is 9.78. The Morgan fingerprint density at radius 3 is 2.65 bits per heavy atom. The molecule has 0 aliphatic heterocycles. The van der Waals surface area contributed by atoms with E-state index in [1.807, 2.05) is 60.2 Å². The highest BCUT2D eigenvalue weighted by Crippen LogP contribution is 2.17. The Morgan fingerprint density at radius 1 is 1.20 bits per heavy atom. The van der Waals surface area contributed by atoms with Gasteiger partial charge in [0.25, 0.3) is 0 Å². The molecule has 2 rings (SSSR count). The van der Waals surface area contributed by atoms with Gasteiger partial charge in [0.05, 0.1) is 5.03 Å². The predicted octanol–water partition coefficient (Wildman–Crippen LogP) is 4.65. The van der Waals surface area contributed by atoms with Gasteiger partial charge in [-0.1, -0.05) is 24.3 Å². The van der Waals surface area contributed by atoms with Crippen molar-refractivity contribution in [1.29, 1.82) is 0 Å². The summed E-state index contributed by atoms with van der Waals surface area (Å²) in [5.41, 5.74) is 0.975. The van der Waals surface area contributed by atoms with Crippen LogP contribution in [0, 0.1) is 0 Å². The molecule has 0 spiro atoms. The van der Waals surface area contributed by atoms with Gasteiger partial charge in [0.1, 0.15) is 0 Å². The van der Waals surface area contributed by atoms with Crippen molar-refractivity contribution in [1.82, 2.24) is 0 Å². The Kier molecular flexibility index (Phi) is 5.65. The van der Waals surface area contributed by atoms with E-state index in [4.69, 9.17) is 0 Å². The van der Waals surface area contributed by atoms with E-state index in [2.05, 4.69) is 5.32 Å². The van der Waals surface area contributed by atoms with Crippen molar-refractivity contribution in [3.8, 4) is 0 Å². The zero-order valence-corrected chi connectivity index (χ0v) is 12.7. The molecule has 0 fully saturated rings. The van der Waals surface area contributed by atoms with E-state index in [1.165, 1.54) is 11.8 Å². The number of carbonyl (C=O) groups excluding carboxylic acids is 1. The lowest BCUT2D eigenvalue weighted by atomic mass is 10.3. The van der Waals surface area contributed by atoms with Gasteiger partial charge in [0, 0.05) is 16.6 Å². The van der Waals surface area contributed by atoms with E-state index < -0.39 is 0 Å². The van der Waals surface area contributed by atoms with Gasteiger partial charge in [-0.3, -0.25) is 4.79 Å². The van der Waals surface area contributed by atoms with Crippen molar-refractivity contribution >= 4 is 40.6 Å². The Balaban J connectivity index is 2.01. The molecule has 0 amide bonds. The van der Waals surface area contributed by atoms with Crippen molar-refractivity contribution in [3.63, 3.8) is 0 Å². The normalized spacial score (nSPS) is 11.8. The number of anilines is 1. The summed E-state index contributed by atoms with van der Waals surface area (Å²) < 4.78 is 0. The molecule has 0 aliphatic rings. The fraction of sp³-hybridized carbons (Fsp3) is 0.0625. The molecule has 0 atom stereocenters. The summed E-state index contributed by atoms with van der Waals surface area (Å²) in [5.74, 6) is -0.0221. The van der Waals surface area contributed by atoms with E-state index in [0.29, 0.717) is 0 Å². The van der Waals surface area contributed by atoms with E-state index in [0.717, 1.165) is 15.6 Å². The molecular weight excluding hydrogens is 286 g/mol. The van der Waals surface area contributed by atoms with Gasteiger partial charge in [-0.15, -0.1) is 23.1 Å². The van der Waals surface area contributed by atoms with Crippen molar-refractivity contribution in [2.75, 3.05) is 11.6 Å². The lowest BCUT2D eigenvalue weighted by Crippen LogP contribution is -1.98. The number of para-hydroxylation sites is 1. The first-order valence-corrected chi connectivity index (χ1v) is 8.21. The largest absolute Gasteiger partial charge is 0.350 e. The number of carbonyl (C=O) groups is 1. The summed E-state index contributed by atoms with van der Waals surface area (Å²) in [6, 6.07) is 13.8. The van der Waals surface area contributed by atoms with E-state index >= 15 is 0 Å². The van der Waals surface area contributed by atoms with Gasteiger partial charge < -0.3 is 5.32 Å². The maximum absolute atomic E-state index is 11.9. The third-order valence-electron chi connectivity index (χ3n) is 2.49. The maximum atomic E-state index is 11.9. The molecule has 0 aliphatic carbocycles. The SMILES string of the molecule is CS/C(=C\C(=O)/C=C/c1cccs1)Nc1ccccc1. The second kappa shape index (κ2) is 7.72. The lowest BCUT2D eigenvalue weighted by Gasteiger charge is -2.07. The van der Waals surface area contributed by atoms with Crippen LogP contribution in [0.2, 0.25) is 0 Å². The molecular formula is C16H15NOS2. The molecule has 0 bridgehead atoms. The fourth-order valence-electron chi connectivity index (χ4n) is 1.54. The fourth-order valence-corrected chi connectivity index (χ4v) is 2.61. The molecule has 20 heavy (non-hydrogen) atoms. The van der Waals surface area contributed by atoms with Crippen LogP contribution in [0.5, 0.6) is 0 Å². The van der Waals surface area contributed by atoms with Crippen molar-refractivity contribution in [2.45, 2.75) is 0 Å². The molecule has 2 aromatic rings. The monoisotopic (exact) mass is 301 g/mol. The van der Waals surface area contributed by atoms with Crippen molar-refractivity contribution in [3.05, 3.63) is 69.9 Å². The Bertz CT molecular complexity index is 601. The summed E-state index contributed by atoms with van der Waals surface area (Å²) in [5, 5.41) is 6.05. The van der Waals surface area contributed by atoms with Crippen LogP contribution in [-0.2, 0) is 4.79 Å². The zero-order valence-electron chi connectivity index (χ0n) is 11.1. The molecule has 0 saturated carbocycles. The molecule has 1 heterocycles. The average molecular weight is 301 g/mol. The standard InChI is InChI=1S/C16H15NOS2/c1-19-16(17-13-6-3-2-4-7-13)12-14(18)9-10-15-8-5-11-20-15/h2-12,17H,1H3/b10-9+,16-12-. The summed E-state index contributed by atoms with van der Waals surface area (Å²) in [6.07, 6.45) is 6.98. The topological polar surface area (TPSA) is 29.1 Å². The summed E-state index contributed by atoms with van der Waals surface area (Å²) in [4.78, 5) is 13.0. The summed E-state index contributed by atoms with van der Waals surface area (Å²) >= 11 is 3.13. The molecule has 1 N–H and O–H groups in total. The van der Waals surface area contributed by atoms with Gasteiger partial charge in [-0.25, -0.2) is 0 Å². The summed E-state index contributed by atoms with van der Waals surface area (Å²) in [7, 11) is 0. The summed E-state index contributed by atoms with van der Waals surface area (Å²) in [6.45, 7) is 0. The lowest BCUT2D eigenvalue weighted by molar-refractivity contribution is -0.110. The van der Waals surface area contributed by atoms with E-state index in [-0.39, 0.29) is 5.78 Å². The number of thioether (sulfide) groups is 1. The average Bonchev–Trinajstić information content (AvgIpc) is 2.99. The third kappa shape index (κ3) is 4.72. The van der Waals surface area contributed by atoms with Gasteiger partial charge >= 0.3 is 0 Å². The smallest absolute Gasteiger partial charge is 0.181 e. The van der Waals surface area contributed by atoms with Gasteiger partial charge in [0.15, 0.2) is 5.78 Å². The molecule has 1 aromatic heterocycles. The number of thiophene rings is 1. The number of hydrogen-bond donors (Lipinski definition) is 1. The minimum atomic E-state index is -0.0221. The molecule has 2 nitrogen and oxygen atoms in total. The van der Waals surface area contributed by atoms with Gasteiger partial charge in [-0.05, 0) is 42.0 Å². The number of nitrogens with one attached hydrogen (secondary N) is 1. The Morgan fingerprint density at radius 2 is 2.00 bits per heavy atom. The van der Waals surface area contributed by atoms with Crippen LogP contribution in [0.15, 0.2) is 65.0 Å². The second-order valence-electron chi connectivity index (χ2n) is 3.95. The predicted molar refractivity (Wildman–Crippen MR) is 90.0 cm³/mol. The molecule has 0 unspecified atom stereocenters. The van der Waals surface area contributed by atoms with Crippen LogP contribution >= 0.6 is 23.1 Å². The number of benzene rings is 1. The van der Waals surface area contributed by atoms with Crippen molar-refractivity contribution in [2.24, 2.45) is 0 Å². The molecule has 4 heteroatoms. The van der Waals surface area contributed by atoms with E-state index in [9.17, 15) is 4.79 Å². The Hall–Kier alpha value is -1.78. The second-order valence-corrected chi connectivity index (χ2v) is 5.78. The van der Waals surface area contributed by atoms with Crippen LogP contribution in [-0.4, -0.2) is 12.0 Å². The highest BCUT2D eigenvalue weighted by molar-refractivity contribution is 8.02. The van der Waals surface area contributed by atoms with Crippen LogP contribution in [0.4, 0.5) is 5.69 Å². The Labute approximate surface area is 127 Å². The number of ketones is 1. The quantitative estimate of drug-likeness (QED) is 0.788. The van der Waals surface area contributed by atoms with Crippen LogP contribution in [0.1, 0.15) is 4.88 Å². The van der Waals surface area contributed by atoms with Crippen LogP contribution in [0.25, 0.3) is 6.08 Å². The minimum Gasteiger partial charge on any atom is -0.350 e. The molecule has 102 valence electrons. The highest BCUT2D eigenvalue weighted by atomic mass is 32.2. The van der Waals surface area contributed by atoms with Gasteiger partial charge in [0.2, 0.25) is 0 Å². The number of hydrogen-bond acceptors (Lipinski definition) is 4. The first kappa shape index (κ1) is 14.6. The molecule has 1 aromatic carbocycles. The first-order valence-electron chi connectivity index (χ1n) is 6.11. The van der Waals surface area contributed by atoms with Crippen molar-refractivity contribution < 1.29 is 4.79 Å². The molecule has 0 radical (unpaired) electrons. The highest BCUT2D eigenvalue weighted by Gasteiger charge is 1.99. The number of allylic oxidation sites excluding steroid dienone is 2. The van der Waals surface area contributed by atoms with Crippen LogP contribution in [0.3, 0.4) is 0 Å².